The molecule has 1 aromatic carbocycles. The molecule has 0 saturated carbocycles. The van der Waals surface area contributed by atoms with Crippen LogP contribution in [0.3, 0.4) is 0 Å². The first kappa shape index (κ1) is 12.1. The summed E-state index contributed by atoms with van der Waals surface area (Å²) in [4.78, 5) is 0. The van der Waals surface area contributed by atoms with Crippen molar-refractivity contribution in [3.05, 3.63) is 41.4 Å². The predicted molar refractivity (Wildman–Crippen MR) is 64.4 cm³/mol. The van der Waals surface area contributed by atoms with E-state index in [4.69, 9.17) is 22.1 Å². The van der Waals surface area contributed by atoms with Crippen LogP contribution in [0.1, 0.15) is 24.4 Å². The lowest BCUT2D eigenvalue weighted by atomic mass is 10.0. The van der Waals surface area contributed by atoms with Crippen LogP contribution in [0.15, 0.2) is 30.9 Å². The van der Waals surface area contributed by atoms with E-state index in [0.29, 0.717) is 10.8 Å². The Hall–Kier alpha value is -0.990. The first-order valence-electron chi connectivity index (χ1n) is 4.89. The molecule has 0 aromatic heterocycles. The molecule has 2 N–H and O–H groups in total. The monoisotopic (exact) mass is 225 g/mol. The molecule has 0 amide bonds. The van der Waals surface area contributed by atoms with Gasteiger partial charge in [-0.05, 0) is 30.5 Å². The van der Waals surface area contributed by atoms with Gasteiger partial charge >= 0.3 is 0 Å². The van der Waals surface area contributed by atoms with Gasteiger partial charge in [-0.25, -0.2) is 0 Å². The summed E-state index contributed by atoms with van der Waals surface area (Å²) in [5.74, 6) is 0.670. The highest BCUT2D eigenvalue weighted by molar-refractivity contribution is 6.32. The van der Waals surface area contributed by atoms with Crippen LogP contribution in [0.5, 0.6) is 5.75 Å². The van der Waals surface area contributed by atoms with Crippen molar-refractivity contribution in [2.24, 2.45) is 5.73 Å². The summed E-state index contributed by atoms with van der Waals surface area (Å²) in [6.07, 6.45) is 3.66. The Bertz CT molecular complexity index is 338. The number of allylic oxidation sites excluding steroid dienone is 1. The molecule has 0 heterocycles. The lowest BCUT2D eigenvalue weighted by Crippen LogP contribution is -2.09. The van der Waals surface area contributed by atoms with Crippen molar-refractivity contribution in [3.8, 4) is 5.75 Å². The van der Waals surface area contributed by atoms with Gasteiger partial charge in [0.1, 0.15) is 5.75 Å². The van der Waals surface area contributed by atoms with Crippen LogP contribution < -0.4 is 10.5 Å². The summed E-state index contributed by atoms with van der Waals surface area (Å²) in [7, 11) is 1.60. The van der Waals surface area contributed by atoms with Crippen molar-refractivity contribution < 1.29 is 4.74 Å². The van der Waals surface area contributed by atoms with Crippen LogP contribution in [-0.2, 0) is 0 Å². The molecule has 1 atom stereocenters. The minimum absolute atomic E-state index is 0.00849. The molecule has 0 aliphatic heterocycles. The van der Waals surface area contributed by atoms with Crippen LogP contribution in [0.4, 0.5) is 0 Å². The van der Waals surface area contributed by atoms with E-state index in [-0.39, 0.29) is 6.04 Å². The van der Waals surface area contributed by atoms with Gasteiger partial charge in [0, 0.05) is 6.04 Å². The van der Waals surface area contributed by atoms with Gasteiger partial charge in [0.15, 0.2) is 0 Å². The second-order valence-electron chi connectivity index (χ2n) is 3.37. The summed E-state index contributed by atoms with van der Waals surface area (Å²) in [5.41, 5.74) is 7.05. The number of hydrogen-bond donors (Lipinski definition) is 1. The predicted octanol–water partition coefficient (Wildman–Crippen LogP) is 3.31. The molecule has 0 fully saturated rings. The van der Waals surface area contributed by atoms with E-state index in [0.717, 1.165) is 18.4 Å². The van der Waals surface area contributed by atoms with Gasteiger partial charge in [0.05, 0.1) is 12.1 Å². The van der Waals surface area contributed by atoms with E-state index in [1.165, 1.54) is 0 Å². The largest absolute Gasteiger partial charge is 0.495 e. The molecule has 1 aromatic rings. The third-order valence-electron chi connectivity index (χ3n) is 2.29. The molecule has 0 bridgehead atoms. The van der Waals surface area contributed by atoms with Gasteiger partial charge in [-0.3, -0.25) is 0 Å². The highest BCUT2D eigenvalue weighted by Crippen LogP contribution is 2.28. The lowest BCUT2D eigenvalue weighted by Gasteiger charge is -2.12. The Kier molecular flexibility index (Phi) is 4.66. The van der Waals surface area contributed by atoms with Crippen LogP contribution in [0.25, 0.3) is 0 Å². The maximum Gasteiger partial charge on any atom is 0.137 e. The third kappa shape index (κ3) is 3.26. The average Bonchev–Trinajstić information content (AvgIpc) is 2.26. The number of nitrogens with two attached hydrogens (primary N) is 1. The molecule has 82 valence electrons. The highest BCUT2D eigenvalue weighted by Gasteiger charge is 2.08. The van der Waals surface area contributed by atoms with E-state index in [2.05, 4.69) is 6.58 Å². The minimum atomic E-state index is 0.00849. The summed E-state index contributed by atoms with van der Waals surface area (Å²) in [6.45, 7) is 3.67. The summed E-state index contributed by atoms with van der Waals surface area (Å²) in [5, 5.41) is 0.608. The fraction of sp³-hybridized carbons (Fsp3) is 0.333. The fourth-order valence-corrected chi connectivity index (χ4v) is 1.57. The molecule has 3 heteroatoms. The maximum absolute atomic E-state index is 6.01. The van der Waals surface area contributed by atoms with Crippen LogP contribution in [0.2, 0.25) is 5.02 Å². The Morgan fingerprint density at radius 3 is 2.93 bits per heavy atom. The molecule has 0 radical (unpaired) electrons. The van der Waals surface area contributed by atoms with Crippen molar-refractivity contribution in [1.29, 1.82) is 0 Å². The van der Waals surface area contributed by atoms with E-state index >= 15 is 0 Å². The van der Waals surface area contributed by atoms with Crippen LogP contribution in [0, 0.1) is 0 Å². The van der Waals surface area contributed by atoms with Crippen LogP contribution >= 0.6 is 11.6 Å². The number of halogens is 1. The quantitative estimate of drug-likeness (QED) is 0.781. The second-order valence-corrected chi connectivity index (χ2v) is 3.77. The SMILES string of the molecule is C=CCC[C@H](N)c1ccc(Cl)c(OC)c1. The molecule has 1 rings (SSSR count). The zero-order valence-electron chi connectivity index (χ0n) is 8.87. The van der Waals surface area contributed by atoms with Crippen molar-refractivity contribution in [2.45, 2.75) is 18.9 Å². The molecular weight excluding hydrogens is 210 g/mol. The first-order chi connectivity index (χ1) is 7.19. The molecule has 0 spiro atoms. The Morgan fingerprint density at radius 2 is 2.33 bits per heavy atom. The highest BCUT2D eigenvalue weighted by atomic mass is 35.5. The number of rotatable bonds is 5. The maximum atomic E-state index is 6.01. The van der Waals surface area contributed by atoms with Crippen molar-refractivity contribution in [1.82, 2.24) is 0 Å². The summed E-state index contributed by atoms with van der Waals surface area (Å²) >= 11 is 5.92. The Morgan fingerprint density at radius 1 is 1.60 bits per heavy atom. The van der Waals surface area contributed by atoms with E-state index < -0.39 is 0 Å². The molecule has 0 saturated heterocycles. The number of hydrogen-bond acceptors (Lipinski definition) is 2. The Balaban J connectivity index is 2.80. The van der Waals surface area contributed by atoms with Gasteiger partial charge in [0.2, 0.25) is 0 Å². The minimum Gasteiger partial charge on any atom is -0.495 e. The average molecular weight is 226 g/mol. The Labute approximate surface area is 95.7 Å². The molecule has 15 heavy (non-hydrogen) atoms. The standard InChI is InChI=1S/C12H16ClNO/c1-3-4-5-11(14)9-6-7-10(13)12(8-9)15-2/h3,6-8,11H,1,4-5,14H2,2H3/t11-/m0/s1. The molecule has 0 unspecified atom stereocenters. The van der Waals surface area contributed by atoms with Crippen molar-refractivity contribution in [3.63, 3.8) is 0 Å². The van der Waals surface area contributed by atoms with Gasteiger partial charge in [-0.1, -0.05) is 23.7 Å². The molecule has 0 aliphatic rings. The molecular formula is C12H16ClNO. The topological polar surface area (TPSA) is 35.2 Å². The number of methoxy groups -OCH3 is 1. The number of benzene rings is 1. The van der Waals surface area contributed by atoms with Gasteiger partial charge in [-0.2, -0.15) is 0 Å². The smallest absolute Gasteiger partial charge is 0.137 e. The number of ether oxygens (including phenoxy) is 1. The lowest BCUT2D eigenvalue weighted by molar-refractivity contribution is 0.414. The third-order valence-corrected chi connectivity index (χ3v) is 2.60. The van der Waals surface area contributed by atoms with E-state index in [1.54, 1.807) is 7.11 Å². The van der Waals surface area contributed by atoms with Gasteiger partial charge in [0.25, 0.3) is 0 Å². The van der Waals surface area contributed by atoms with Gasteiger partial charge in [-0.15, -0.1) is 6.58 Å². The normalized spacial score (nSPS) is 12.2. The molecule has 0 aliphatic carbocycles. The van der Waals surface area contributed by atoms with E-state index in [1.807, 2.05) is 24.3 Å². The zero-order chi connectivity index (χ0) is 11.3. The summed E-state index contributed by atoms with van der Waals surface area (Å²) < 4.78 is 5.13. The van der Waals surface area contributed by atoms with Crippen molar-refractivity contribution in [2.75, 3.05) is 7.11 Å². The fourth-order valence-electron chi connectivity index (χ4n) is 1.37. The second kappa shape index (κ2) is 5.79. The molecule has 2 nitrogen and oxygen atoms in total. The summed E-state index contributed by atoms with van der Waals surface area (Å²) in [6, 6.07) is 5.63. The zero-order valence-corrected chi connectivity index (χ0v) is 9.63. The first-order valence-corrected chi connectivity index (χ1v) is 5.26. The van der Waals surface area contributed by atoms with Crippen molar-refractivity contribution >= 4 is 11.6 Å². The van der Waals surface area contributed by atoms with E-state index in [9.17, 15) is 0 Å². The van der Waals surface area contributed by atoms with Gasteiger partial charge < -0.3 is 10.5 Å². The van der Waals surface area contributed by atoms with Crippen LogP contribution in [-0.4, -0.2) is 7.11 Å².